The van der Waals surface area contributed by atoms with Crippen molar-refractivity contribution >= 4 is 0 Å². The van der Waals surface area contributed by atoms with Crippen molar-refractivity contribution in [2.45, 2.75) is 44.6 Å². The molecule has 0 amide bonds. The van der Waals surface area contributed by atoms with Crippen LogP contribution < -0.4 is 5.73 Å². The Morgan fingerprint density at radius 3 is 1.54 bits per heavy atom. The average molecular weight is 189 g/mol. The lowest BCUT2D eigenvalue weighted by Crippen LogP contribution is -2.60. The Balaban J connectivity index is 4.91. The van der Waals surface area contributed by atoms with Crippen LogP contribution >= 0.6 is 0 Å². The lowest BCUT2D eigenvalue weighted by Gasteiger charge is -2.38. The van der Waals surface area contributed by atoms with Crippen molar-refractivity contribution in [1.29, 1.82) is 0 Å². The fraction of sp³-hybridized carbons (Fsp3) is 0.778. The summed E-state index contributed by atoms with van der Waals surface area (Å²) in [7, 11) is 0. The van der Waals surface area contributed by atoms with Gasteiger partial charge in [0, 0.05) is 0 Å². The van der Waals surface area contributed by atoms with Crippen LogP contribution in [-0.2, 0) is 0 Å². The molecule has 0 aromatic heterocycles. The second-order valence-electron chi connectivity index (χ2n) is 3.49. The molecule has 3 unspecified atom stereocenters. The molecule has 4 heteroatoms. The molecular weight excluding hydrogens is 170 g/mol. The predicted molar refractivity (Wildman–Crippen MR) is 51.1 cm³/mol. The summed E-state index contributed by atoms with van der Waals surface area (Å²) in [6, 6.07) is 0. The summed E-state index contributed by atoms with van der Waals surface area (Å²) < 4.78 is 0. The average Bonchev–Trinajstić information content (AvgIpc) is 2.00. The topological polar surface area (TPSA) is 86.7 Å². The number of hydrogen-bond acceptors (Lipinski definition) is 4. The summed E-state index contributed by atoms with van der Waals surface area (Å²) >= 11 is 0. The Kier molecular flexibility index (Phi) is 4.06. The van der Waals surface area contributed by atoms with E-state index in [1.807, 2.05) is 0 Å². The van der Waals surface area contributed by atoms with Gasteiger partial charge >= 0.3 is 0 Å². The first-order valence-corrected chi connectivity index (χ1v) is 4.26. The van der Waals surface area contributed by atoms with Gasteiger partial charge in [-0.05, 0) is 26.3 Å². The molecule has 0 heterocycles. The molecule has 0 saturated carbocycles. The molecule has 0 radical (unpaired) electrons. The van der Waals surface area contributed by atoms with E-state index < -0.39 is 23.9 Å². The highest BCUT2D eigenvalue weighted by molar-refractivity contribution is 5.23. The monoisotopic (exact) mass is 189 g/mol. The van der Waals surface area contributed by atoms with E-state index in [2.05, 4.69) is 6.58 Å². The summed E-state index contributed by atoms with van der Waals surface area (Å²) in [5.74, 6) is 0. The Hall–Kier alpha value is -0.420. The van der Waals surface area contributed by atoms with Gasteiger partial charge in [0.15, 0.2) is 0 Å². The number of aliphatic hydroxyl groups excluding tert-OH is 3. The minimum absolute atomic E-state index is 0.234. The normalized spacial score (nSPS) is 23.0. The molecule has 0 aliphatic rings. The van der Waals surface area contributed by atoms with Crippen LogP contribution in [0.5, 0.6) is 0 Å². The summed E-state index contributed by atoms with van der Waals surface area (Å²) in [4.78, 5) is 0. The van der Waals surface area contributed by atoms with Crippen LogP contribution in [0.25, 0.3) is 0 Å². The largest absolute Gasteiger partial charge is 0.391 e. The minimum Gasteiger partial charge on any atom is -0.391 e. The SMILES string of the molecule is C=C(C(C)O)C(N)(C(C)O)C(C)O. The number of rotatable bonds is 4. The smallest absolute Gasteiger partial charge is 0.0911 e. The van der Waals surface area contributed by atoms with Gasteiger partial charge < -0.3 is 21.1 Å². The molecule has 0 fully saturated rings. The molecule has 0 aromatic carbocycles. The first kappa shape index (κ1) is 12.6. The molecule has 13 heavy (non-hydrogen) atoms. The Morgan fingerprint density at radius 1 is 1.15 bits per heavy atom. The summed E-state index contributed by atoms with van der Waals surface area (Å²) in [5, 5.41) is 28.1. The van der Waals surface area contributed by atoms with Gasteiger partial charge in [0.1, 0.15) is 0 Å². The van der Waals surface area contributed by atoms with Gasteiger partial charge in [-0.3, -0.25) is 0 Å². The van der Waals surface area contributed by atoms with E-state index in [4.69, 9.17) is 5.73 Å². The van der Waals surface area contributed by atoms with Crippen LogP contribution in [0.3, 0.4) is 0 Å². The quantitative estimate of drug-likeness (QED) is 0.444. The third-order valence-electron chi connectivity index (χ3n) is 2.44. The van der Waals surface area contributed by atoms with E-state index in [1.54, 1.807) is 0 Å². The van der Waals surface area contributed by atoms with Crippen LogP contribution in [0.4, 0.5) is 0 Å². The highest BCUT2D eigenvalue weighted by Gasteiger charge is 2.40. The van der Waals surface area contributed by atoms with E-state index in [9.17, 15) is 15.3 Å². The van der Waals surface area contributed by atoms with Crippen molar-refractivity contribution in [3.63, 3.8) is 0 Å². The molecular formula is C9H19NO3. The lowest BCUT2D eigenvalue weighted by molar-refractivity contribution is 0.0166. The van der Waals surface area contributed by atoms with Gasteiger partial charge in [-0.15, -0.1) is 0 Å². The van der Waals surface area contributed by atoms with Gasteiger partial charge in [0.05, 0.1) is 23.9 Å². The summed E-state index contributed by atoms with van der Waals surface area (Å²) in [6.07, 6.45) is -2.78. The molecule has 3 atom stereocenters. The third kappa shape index (κ3) is 2.28. The van der Waals surface area contributed by atoms with Crippen LogP contribution in [0, 0.1) is 0 Å². The second kappa shape index (κ2) is 4.19. The molecule has 78 valence electrons. The standard InChI is InChI=1S/C9H19NO3/c1-5(6(2)11)9(10,7(3)12)8(4)13/h6-8,11-13H,1,10H2,2-4H3. The second-order valence-corrected chi connectivity index (χ2v) is 3.49. The van der Waals surface area contributed by atoms with Gasteiger partial charge in [0.2, 0.25) is 0 Å². The molecule has 0 rings (SSSR count). The van der Waals surface area contributed by atoms with E-state index in [0.29, 0.717) is 0 Å². The van der Waals surface area contributed by atoms with Crippen LogP contribution in [0.1, 0.15) is 20.8 Å². The highest BCUT2D eigenvalue weighted by atomic mass is 16.3. The maximum absolute atomic E-state index is 9.40. The van der Waals surface area contributed by atoms with Crippen molar-refractivity contribution < 1.29 is 15.3 Å². The third-order valence-corrected chi connectivity index (χ3v) is 2.44. The van der Waals surface area contributed by atoms with Gasteiger partial charge in [-0.2, -0.15) is 0 Å². The molecule has 0 aliphatic carbocycles. The number of hydrogen-bond donors (Lipinski definition) is 4. The molecule has 0 bridgehead atoms. The van der Waals surface area contributed by atoms with Gasteiger partial charge in [-0.25, -0.2) is 0 Å². The first-order chi connectivity index (χ1) is 5.74. The van der Waals surface area contributed by atoms with E-state index in [-0.39, 0.29) is 5.57 Å². The number of aliphatic hydroxyl groups is 3. The van der Waals surface area contributed by atoms with Crippen LogP contribution in [0.15, 0.2) is 12.2 Å². The lowest BCUT2D eigenvalue weighted by atomic mass is 9.80. The maximum Gasteiger partial charge on any atom is 0.0911 e. The van der Waals surface area contributed by atoms with Gasteiger partial charge in [0.25, 0.3) is 0 Å². The molecule has 0 spiro atoms. The fourth-order valence-corrected chi connectivity index (χ4v) is 1.25. The van der Waals surface area contributed by atoms with Crippen molar-refractivity contribution in [2.24, 2.45) is 5.73 Å². The summed E-state index contributed by atoms with van der Waals surface area (Å²) in [6.45, 7) is 7.99. The van der Waals surface area contributed by atoms with Crippen molar-refractivity contribution in [3.8, 4) is 0 Å². The molecule has 4 nitrogen and oxygen atoms in total. The zero-order valence-electron chi connectivity index (χ0n) is 8.36. The fourth-order valence-electron chi connectivity index (χ4n) is 1.25. The van der Waals surface area contributed by atoms with Gasteiger partial charge in [-0.1, -0.05) is 6.58 Å². The first-order valence-electron chi connectivity index (χ1n) is 4.26. The predicted octanol–water partition coefficient (Wildman–Crippen LogP) is -0.618. The zero-order valence-corrected chi connectivity index (χ0v) is 8.36. The maximum atomic E-state index is 9.40. The highest BCUT2D eigenvalue weighted by Crippen LogP contribution is 2.23. The Labute approximate surface area is 78.7 Å². The molecule has 0 saturated heterocycles. The zero-order chi connectivity index (χ0) is 10.8. The van der Waals surface area contributed by atoms with Crippen molar-refractivity contribution in [1.82, 2.24) is 0 Å². The molecule has 0 aromatic rings. The Morgan fingerprint density at radius 2 is 1.46 bits per heavy atom. The van der Waals surface area contributed by atoms with Crippen LogP contribution in [0.2, 0.25) is 0 Å². The number of nitrogens with two attached hydrogens (primary N) is 1. The van der Waals surface area contributed by atoms with Crippen LogP contribution in [-0.4, -0.2) is 39.2 Å². The van der Waals surface area contributed by atoms with E-state index in [1.165, 1.54) is 20.8 Å². The van der Waals surface area contributed by atoms with Crippen molar-refractivity contribution in [2.75, 3.05) is 0 Å². The van der Waals surface area contributed by atoms with E-state index >= 15 is 0 Å². The molecule has 0 aliphatic heterocycles. The minimum atomic E-state index is -1.35. The van der Waals surface area contributed by atoms with E-state index in [0.717, 1.165) is 0 Å². The Bertz CT molecular complexity index is 179. The summed E-state index contributed by atoms with van der Waals surface area (Å²) in [5.41, 5.74) is 4.65. The molecule has 5 N–H and O–H groups in total. The van der Waals surface area contributed by atoms with Crippen molar-refractivity contribution in [3.05, 3.63) is 12.2 Å².